The highest BCUT2D eigenvalue weighted by molar-refractivity contribution is 7.00. The van der Waals surface area contributed by atoms with E-state index in [4.69, 9.17) is 4.42 Å². The predicted molar refractivity (Wildman–Crippen MR) is 402 cm³/mol. The first-order chi connectivity index (χ1) is 45.5. The van der Waals surface area contributed by atoms with Crippen molar-refractivity contribution in [2.75, 3.05) is 9.80 Å². The van der Waals surface area contributed by atoms with Gasteiger partial charge in [-0.1, -0.05) is 287 Å². The maximum atomic E-state index is 6.87. The molecule has 16 rings (SSSR count). The summed E-state index contributed by atoms with van der Waals surface area (Å²) in [6.07, 6.45) is 0. The molecule has 0 aliphatic carbocycles. The van der Waals surface area contributed by atoms with Gasteiger partial charge >= 0.3 is 0 Å². The molecular weight excluding hydrogens is 1140 g/mol. The summed E-state index contributed by atoms with van der Waals surface area (Å²) in [6.45, 7) is 21.1. The van der Waals surface area contributed by atoms with Crippen LogP contribution in [-0.2, 0) is 16.2 Å². The molecule has 14 aromatic rings. The van der Waals surface area contributed by atoms with Crippen LogP contribution in [0.4, 0.5) is 34.1 Å². The van der Waals surface area contributed by atoms with Gasteiger partial charge in [-0.3, -0.25) is 0 Å². The van der Waals surface area contributed by atoms with Gasteiger partial charge in [0.15, 0.2) is 0 Å². The zero-order chi connectivity index (χ0) is 64.2. The summed E-state index contributed by atoms with van der Waals surface area (Å²) in [5, 5.41) is 2.19. The van der Waals surface area contributed by atoms with Crippen molar-refractivity contribution >= 4 is 79.2 Å². The Hall–Kier alpha value is -10.7. The second-order valence-corrected chi connectivity index (χ2v) is 28.9. The van der Waals surface area contributed by atoms with Gasteiger partial charge < -0.3 is 14.2 Å². The van der Waals surface area contributed by atoms with Crippen LogP contribution in [-0.4, -0.2) is 6.71 Å². The lowest BCUT2D eigenvalue weighted by Gasteiger charge is -2.47. The second-order valence-electron chi connectivity index (χ2n) is 28.9. The van der Waals surface area contributed by atoms with Crippen molar-refractivity contribution in [3.05, 3.63) is 308 Å². The van der Waals surface area contributed by atoms with E-state index in [1.807, 2.05) is 0 Å². The SMILES string of the molecule is CC(C)(C)c1cc(-c2ccccc2)c(N2c3ccc(-c4ccccc4)cc3B3c4cc(-c5ccccc5)ccc4N(c4c(-c5cccc(-c6ccccc6)c5)cc(C(C)(C)C)cc4-c4cccc5oc6ccccc6c45)c4cc(C(C)(C)C)cc2c43)c(-c2ccccc2)c1. The molecule has 0 amide bonds. The Morgan fingerprint density at radius 2 is 0.628 bits per heavy atom. The molecule has 454 valence electrons. The average Bonchev–Trinajstić information content (AvgIpc) is 0.797. The highest BCUT2D eigenvalue weighted by atomic mass is 16.3. The van der Waals surface area contributed by atoms with Crippen molar-refractivity contribution in [1.29, 1.82) is 0 Å². The molecule has 2 aliphatic heterocycles. The van der Waals surface area contributed by atoms with E-state index in [2.05, 4.69) is 363 Å². The number of nitrogens with zero attached hydrogens (tertiary/aromatic N) is 2. The van der Waals surface area contributed by atoms with Crippen LogP contribution in [0.15, 0.2) is 296 Å². The molecule has 0 fully saturated rings. The van der Waals surface area contributed by atoms with E-state index in [0.717, 1.165) is 95.0 Å². The summed E-state index contributed by atoms with van der Waals surface area (Å²) in [7, 11) is 0. The lowest BCUT2D eigenvalue weighted by atomic mass is 9.33. The van der Waals surface area contributed by atoms with Crippen LogP contribution >= 0.6 is 0 Å². The van der Waals surface area contributed by atoms with Gasteiger partial charge in [0.1, 0.15) is 11.2 Å². The molecule has 0 saturated heterocycles. The lowest BCUT2D eigenvalue weighted by molar-refractivity contribution is 0.590. The number of anilines is 6. The lowest BCUT2D eigenvalue weighted by Crippen LogP contribution is -2.61. The number of benzene rings is 13. The van der Waals surface area contributed by atoms with Crippen LogP contribution in [0.1, 0.15) is 79.0 Å². The fourth-order valence-corrected chi connectivity index (χ4v) is 14.8. The van der Waals surface area contributed by atoms with Crippen LogP contribution < -0.4 is 26.2 Å². The first-order valence-electron chi connectivity index (χ1n) is 33.3. The van der Waals surface area contributed by atoms with E-state index in [0.29, 0.717) is 0 Å². The molecule has 0 unspecified atom stereocenters. The van der Waals surface area contributed by atoms with Gasteiger partial charge in [0.2, 0.25) is 0 Å². The molecule has 1 aromatic heterocycles. The van der Waals surface area contributed by atoms with Crippen molar-refractivity contribution in [1.82, 2.24) is 0 Å². The number of fused-ring (bicyclic) bond motifs is 7. The largest absolute Gasteiger partial charge is 0.456 e. The van der Waals surface area contributed by atoms with Crippen LogP contribution in [0.2, 0.25) is 0 Å². The van der Waals surface area contributed by atoms with Crippen molar-refractivity contribution in [3.8, 4) is 77.9 Å². The molecule has 0 N–H and O–H groups in total. The third kappa shape index (κ3) is 10.1. The smallest absolute Gasteiger partial charge is 0.252 e. The predicted octanol–water partition coefficient (Wildman–Crippen LogP) is 23.2. The average molecular weight is 1210 g/mol. The fraction of sp³-hybridized carbons (Fsp3) is 0.133. The normalized spacial score (nSPS) is 12.9. The summed E-state index contributed by atoms with van der Waals surface area (Å²) in [4.78, 5) is 5.41. The van der Waals surface area contributed by atoms with E-state index in [1.165, 1.54) is 72.0 Å². The number of rotatable bonds is 9. The Morgan fingerprint density at radius 3 is 1.11 bits per heavy atom. The number of hydrogen-bond acceptors (Lipinski definition) is 3. The molecule has 4 heteroatoms. The first-order valence-corrected chi connectivity index (χ1v) is 33.3. The van der Waals surface area contributed by atoms with Crippen LogP contribution in [0.5, 0.6) is 0 Å². The first kappa shape index (κ1) is 58.4. The molecule has 0 bridgehead atoms. The molecule has 0 atom stereocenters. The van der Waals surface area contributed by atoms with E-state index in [1.54, 1.807) is 0 Å². The van der Waals surface area contributed by atoms with Crippen molar-refractivity contribution in [3.63, 3.8) is 0 Å². The zero-order valence-corrected chi connectivity index (χ0v) is 55.1. The van der Waals surface area contributed by atoms with E-state index >= 15 is 0 Å². The Labute approximate surface area is 554 Å². The van der Waals surface area contributed by atoms with Gasteiger partial charge in [-0.25, -0.2) is 0 Å². The topological polar surface area (TPSA) is 19.6 Å². The molecule has 13 aromatic carbocycles. The summed E-state index contributed by atoms with van der Waals surface area (Å²) in [5.41, 5.74) is 31.6. The molecular formula is C90H75BN2O. The van der Waals surface area contributed by atoms with Crippen molar-refractivity contribution in [2.45, 2.75) is 78.6 Å². The highest BCUT2D eigenvalue weighted by Gasteiger charge is 2.46. The van der Waals surface area contributed by atoms with Gasteiger partial charge in [-0.2, -0.15) is 0 Å². The highest BCUT2D eigenvalue weighted by Crippen LogP contribution is 2.56. The molecule has 3 heterocycles. The Morgan fingerprint density at radius 1 is 0.266 bits per heavy atom. The van der Waals surface area contributed by atoms with Crippen LogP contribution in [0.25, 0.3) is 99.8 Å². The molecule has 0 spiro atoms. The monoisotopic (exact) mass is 1210 g/mol. The summed E-state index contributed by atoms with van der Waals surface area (Å²) in [6, 6.07) is 109. The van der Waals surface area contributed by atoms with Crippen molar-refractivity contribution < 1.29 is 4.42 Å². The summed E-state index contributed by atoms with van der Waals surface area (Å²) >= 11 is 0. The Kier molecular flexibility index (Phi) is 14.0. The number of furan rings is 1. The maximum absolute atomic E-state index is 6.87. The third-order valence-electron chi connectivity index (χ3n) is 19.7. The standard InChI is InChI=1S/C90H75BN2O/c1-88(2,3)67-52-72(61-35-21-13-22-36-61)86(73(53-67)62-37-23-14-24-38-62)92-78-47-45-64(59-31-17-11-18-32-59)50-76(78)91-77-51-65(60-33-19-12-20-34-60)46-48-79(77)93(81-57-69(90(7,8)9)56-80(92)85(81)91)87-74(66-40-27-39-63(49-66)58-29-15-10-16-30-58)54-68(89(4,5)6)55-75(87)70-42-28-44-83-84(70)71-41-25-26-43-82(71)94-83/h10-57H,1-9H3. The molecule has 0 saturated carbocycles. The number of para-hydroxylation sites is 1. The molecule has 0 radical (unpaired) electrons. The van der Waals surface area contributed by atoms with Crippen LogP contribution in [0.3, 0.4) is 0 Å². The van der Waals surface area contributed by atoms with E-state index in [-0.39, 0.29) is 23.0 Å². The minimum Gasteiger partial charge on any atom is -0.456 e. The summed E-state index contributed by atoms with van der Waals surface area (Å²) in [5.74, 6) is 0. The van der Waals surface area contributed by atoms with E-state index in [9.17, 15) is 0 Å². The molecule has 2 aliphatic rings. The maximum Gasteiger partial charge on any atom is 0.252 e. The minimum absolute atomic E-state index is 0.168. The minimum atomic E-state index is -0.305. The van der Waals surface area contributed by atoms with Gasteiger partial charge in [-0.05, 0) is 172 Å². The zero-order valence-electron chi connectivity index (χ0n) is 55.1. The second kappa shape index (κ2) is 22.6. The van der Waals surface area contributed by atoms with Gasteiger partial charge in [-0.15, -0.1) is 0 Å². The van der Waals surface area contributed by atoms with Gasteiger partial charge in [0, 0.05) is 55.8 Å². The van der Waals surface area contributed by atoms with Gasteiger partial charge in [0.05, 0.1) is 11.4 Å². The Balaban J connectivity index is 1.11. The molecule has 94 heavy (non-hydrogen) atoms. The summed E-state index contributed by atoms with van der Waals surface area (Å²) < 4.78 is 6.87. The van der Waals surface area contributed by atoms with Crippen molar-refractivity contribution in [2.24, 2.45) is 0 Å². The quantitative estimate of drug-likeness (QED) is 0.134. The fourth-order valence-electron chi connectivity index (χ4n) is 14.8. The Bertz CT molecular complexity index is 5180. The van der Waals surface area contributed by atoms with Crippen LogP contribution in [0, 0.1) is 0 Å². The third-order valence-corrected chi connectivity index (χ3v) is 19.7. The molecule has 3 nitrogen and oxygen atoms in total. The van der Waals surface area contributed by atoms with E-state index < -0.39 is 0 Å². The number of hydrogen-bond donors (Lipinski definition) is 0. The van der Waals surface area contributed by atoms with Gasteiger partial charge in [0.25, 0.3) is 6.71 Å².